The number of ether oxygens (including phenoxy) is 2. The summed E-state index contributed by atoms with van der Waals surface area (Å²) in [5, 5.41) is 2.76. The molecule has 1 N–H and O–H groups in total. The first kappa shape index (κ1) is 24.7. The number of benzene rings is 2. The molecule has 2 aromatic rings. The van der Waals surface area contributed by atoms with Gasteiger partial charge in [-0.25, -0.2) is 4.39 Å². The third-order valence-corrected chi connectivity index (χ3v) is 5.70. The zero-order chi connectivity index (χ0) is 24.2. The summed E-state index contributed by atoms with van der Waals surface area (Å²) in [6.07, 6.45) is -0.0144. The van der Waals surface area contributed by atoms with Crippen molar-refractivity contribution >= 4 is 11.8 Å². The lowest BCUT2D eigenvalue weighted by molar-refractivity contribution is -0.141. The van der Waals surface area contributed by atoms with Gasteiger partial charge in [-0.05, 0) is 54.3 Å². The summed E-state index contributed by atoms with van der Waals surface area (Å²) >= 11 is 0. The zero-order valence-electron chi connectivity index (χ0n) is 20.0. The van der Waals surface area contributed by atoms with E-state index in [1.165, 1.54) is 12.1 Å². The maximum absolute atomic E-state index is 14.1. The van der Waals surface area contributed by atoms with Gasteiger partial charge in [0.25, 0.3) is 5.91 Å². The van der Waals surface area contributed by atoms with E-state index in [4.69, 9.17) is 9.47 Å². The maximum atomic E-state index is 14.1. The Kier molecular flexibility index (Phi) is 7.74. The van der Waals surface area contributed by atoms with Crippen LogP contribution in [-0.4, -0.2) is 49.6 Å². The Morgan fingerprint density at radius 1 is 1.21 bits per heavy atom. The van der Waals surface area contributed by atoms with Crippen LogP contribution in [0.15, 0.2) is 42.5 Å². The lowest BCUT2D eigenvalue weighted by Gasteiger charge is -2.41. The van der Waals surface area contributed by atoms with Crippen LogP contribution in [-0.2, 0) is 20.7 Å². The summed E-state index contributed by atoms with van der Waals surface area (Å²) in [7, 11) is 1.57. The van der Waals surface area contributed by atoms with E-state index in [0.29, 0.717) is 37.4 Å². The number of rotatable bonds is 7. The predicted molar refractivity (Wildman–Crippen MR) is 125 cm³/mol. The number of nitrogens with zero attached hydrogens (tertiary/aromatic N) is 1. The number of methoxy groups -OCH3 is 1. The molecule has 3 rings (SSSR count). The summed E-state index contributed by atoms with van der Waals surface area (Å²) in [4.78, 5) is 27.4. The molecule has 0 saturated heterocycles. The van der Waals surface area contributed by atoms with Crippen LogP contribution in [0.5, 0.6) is 5.75 Å². The third-order valence-electron chi connectivity index (χ3n) is 5.70. The normalized spacial score (nSPS) is 16.7. The molecule has 1 aliphatic rings. The monoisotopic (exact) mass is 456 g/mol. The van der Waals surface area contributed by atoms with Gasteiger partial charge in [0.2, 0.25) is 5.91 Å². The lowest BCUT2D eigenvalue weighted by atomic mass is 9.85. The van der Waals surface area contributed by atoms with Crippen molar-refractivity contribution in [1.29, 1.82) is 0 Å². The smallest absolute Gasteiger partial charge is 0.260 e. The summed E-state index contributed by atoms with van der Waals surface area (Å²) in [6.45, 7) is 8.71. The molecule has 0 fully saturated rings. The van der Waals surface area contributed by atoms with E-state index in [2.05, 4.69) is 5.32 Å². The van der Waals surface area contributed by atoms with Gasteiger partial charge in [0, 0.05) is 25.6 Å². The third kappa shape index (κ3) is 5.90. The molecule has 0 bridgehead atoms. The van der Waals surface area contributed by atoms with E-state index in [9.17, 15) is 14.0 Å². The van der Waals surface area contributed by atoms with E-state index in [-0.39, 0.29) is 17.6 Å². The number of hydrogen-bond acceptors (Lipinski definition) is 4. The van der Waals surface area contributed by atoms with Gasteiger partial charge in [0.05, 0.1) is 12.6 Å². The molecule has 6 nitrogen and oxygen atoms in total. The Hall–Kier alpha value is -2.93. The van der Waals surface area contributed by atoms with Gasteiger partial charge in [0.15, 0.2) is 6.10 Å². The molecule has 2 aromatic carbocycles. The average molecular weight is 457 g/mol. The van der Waals surface area contributed by atoms with E-state index < -0.39 is 17.6 Å². The van der Waals surface area contributed by atoms with Gasteiger partial charge in [-0.2, -0.15) is 0 Å². The minimum atomic E-state index is -0.705. The quantitative estimate of drug-likeness (QED) is 0.642. The van der Waals surface area contributed by atoms with Crippen molar-refractivity contribution in [2.24, 2.45) is 5.41 Å². The highest BCUT2D eigenvalue weighted by Gasteiger charge is 2.37. The van der Waals surface area contributed by atoms with Crippen LogP contribution in [0.2, 0.25) is 0 Å². The van der Waals surface area contributed by atoms with Crippen LogP contribution in [0.4, 0.5) is 4.39 Å². The SMILES string of the molecule is COCCNC(=O)[C@H](C)Oc1ccc2c(c1)[C@H](c1cccc(F)c1)N(C(=O)C(C)(C)C)CC2. The number of fused-ring (bicyclic) bond motifs is 1. The average Bonchev–Trinajstić information content (AvgIpc) is 2.77. The molecule has 0 aliphatic carbocycles. The molecular formula is C26H33FN2O4. The fourth-order valence-electron chi connectivity index (χ4n) is 4.03. The Morgan fingerprint density at radius 2 is 1.97 bits per heavy atom. The van der Waals surface area contributed by atoms with Crippen LogP contribution >= 0.6 is 0 Å². The van der Waals surface area contributed by atoms with Gasteiger partial charge in [0.1, 0.15) is 11.6 Å². The zero-order valence-corrected chi connectivity index (χ0v) is 20.0. The Labute approximate surface area is 195 Å². The van der Waals surface area contributed by atoms with Crippen LogP contribution in [0.25, 0.3) is 0 Å². The van der Waals surface area contributed by atoms with Crippen molar-refractivity contribution in [3.05, 3.63) is 65.0 Å². The topological polar surface area (TPSA) is 67.9 Å². The number of hydrogen-bond donors (Lipinski definition) is 1. The van der Waals surface area contributed by atoms with Crippen LogP contribution in [0.3, 0.4) is 0 Å². The van der Waals surface area contributed by atoms with Crippen molar-refractivity contribution in [2.45, 2.75) is 46.3 Å². The van der Waals surface area contributed by atoms with E-state index in [1.807, 2.05) is 49.9 Å². The molecule has 0 saturated carbocycles. The Bertz CT molecular complexity index is 1000. The summed E-state index contributed by atoms with van der Waals surface area (Å²) < 4.78 is 25.0. The number of carbonyl (C=O) groups is 2. The molecule has 2 amide bonds. The first-order valence-corrected chi connectivity index (χ1v) is 11.2. The molecule has 33 heavy (non-hydrogen) atoms. The van der Waals surface area contributed by atoms with Gasteiger partial charge in [-0.3, -0.25) is 9.59 Å². The molecule has 0 unspecified atom stereocenters. The fraction of sp³-hybridized carbons (Fsp3) is 0.462. The van der Waals surface area contributed by atoms with E-state index in [1.54, 1.807) is 20.1 Å². The van der Waals surface area contributed by atoms with Crippen LogP contribution < -0.4 is 10.1 Å². The van der Waals surface area contributed by atoms with Crippen molar-refractivity contribution in [2.75, 3.05) is 26.8 Å². The molecule has 178 valence electrons. The van der Waals surface area contributed by atoms with E-state index in [0.717, 1.165) is 11.1 Å². The lowest BCUT2D eigenvalue weighted by Crippen LogP contribution is -2.45. The number of carbonyl (C=O) groups excluding carboxylic acids is 2. The van der Waals surface area contributed by atoms with Crippen LogP contribution in [0, 0.1) is 11.2 Å². The first-order valence-electron chi connectivity index (χ1n) is 11.2. The molecule has 0 radical (unpaired) electrons. The molecule has 2 atom stereocenters. The molecular weight excluding hydrogens is 423 g/mol. The first-order chi connectivity index (χ1) is 15.6. The van der Waals surface area contributed by atoms with Gasteiger partial charge in [-0.1, -0.05) is 39.0 Å². The van der Waals surface area contributed by atoms with E-state index >= 15 is 0 Å². The minimum Gasteiger partial charge on any atom is -0.481 e. The Morgan fingerprint density at radius 3 is 2.64 bits per heavy atom. The highest BCUT2D eigenvalue weighted by atomic mass is 19.1. The van der Waals surface area contributed by atoms with Gasteiger partial charge in [-0.15, -0.1) is 0 Å². The second kappa shape index (κ2) is 10.3. The number of nitrogens with one attached hydrogen (secondary N) is 1. The maximum Gasteiger partial charge on any atom is 0.260 e. The minimum absolute atomic E-state index is 0.000350. The molecule has 7 heteroatoms. The highest BCUT2D eigenvalue weighted by Crippen LogP contribution is 2.39. The van der Waals surface area contributed by atoms with Crippen LogP contribution in [0.1, 0.15) is 50.4 Å². The fourth-order valence-corrected chi connectivity index (χ4v) is 4.03. The Balaban J connectivity index is 1.94. The predicted octanol–water partition coefficient (Wildman–Crippen LogP) is 3.88. The van der Waals surface area contributed by atoms with Gasteiger partial charge < -0.3 is 19.7 Å². The van der Waals surface area contributed by atoms with Gasteiger partial charge >= 0.3 is 0 Å². The second-order valence-corrected chi connectivity index (χ2v) is 9.36. The second-order valence-electron chi connectivity index (χ2n) is 9.36. The number of amides is 2. The standard InChI is InChI=1S/C26H33FN2O4/c1-17(24(30)28-12-14-32-5)33-21-10-9-18-11-13-29(25(31)26(2,3)4)23(22(18)16-21)19-7-6-8-20(27)15-19/h6-10,15-17,23H,11-14H2,1-5H3,(H,28,30)/t17-,23-/m0/s1. The highest BCUT2D eigenvalue weighted by molar-refractivity contribution is 5.83. The molecule has 0 aromatic heterocycles. The molecule has 1 heterocycles. The summed E-state index contributed by atoms with van der Waals surface area (Å²) in [5.74, 6) is -0.0678. The summed E-state index contributed by atoms with van der Waals surface area (Å²) in [6, 6.07) is 11.6. The number of halogens is 1. The van der Waals surface area contributed by atoms with Crippen molar-refractivity contribution in [3.63, 3.8) is 0 Å². The molecule has 1 aliphatic heterocycles. The summed E-state index contributed by atoms with van der Waals surface area (Å²) in [5.41, 5.74) is 2.09. The molecule has 0 spiro atoms. The van der Waals surface area contributed by atoms with Crippen molar-refractivity contribution < 1.29 is 23.5 Å². The van der Waals surface area contributed by atoms with Crippen molar-refractivity contribution in [3.8, 4) is 5.75 Å². The largest absolute Gasteiger partial charge is 0.481 e. The van der Waals surface area contributed by atoms with Crippen molar-refractivity contribution in [1.82, 2.24) is 10.2 Å².